The van der Waals surface area contributed by atoms with E-state index in [1.165, 1.54) is 25.7 Å². The number of aromatic nitrogens is 1. The first-order chi connectivity index (χ1) is 10.4. The van der Waals surface area contributed by atoms with Gasteiger partial charge in [-0.2, -0.15) is 13.2 Å². The second-order valence-corrected chi connectivity index (χ2v) is 6.42. The number of rotatable bonds is 4. The Hall–Kier alpha value is -1.31. The van der Waals surface area contributed by atoms with Gasteiger partial charge in [0, 0.05) is 24.4 Å². The van der Waals surface area contributed by atoms with Crippen LogP contribution < -0.4 is 11.1 Å². The number of guanidine groups is 1. The lowest BCUT2D eigenvalue weighted by molar-refractivity contribution is -0.140. The van der Waals surface area contributed by atoms with Crippen molar-refractivity contribution in [3.8, 4) is 0 Å². The minimum atomic E-state index is -4.38. The van der Waals surface area contributed by atoms with E-state index in [4.69, 9.17) is 5.73 Å². The van der Waals surface area contributed by atoms with Crippen molar-refractivity contribution in [3.05, 3.63) is 16.1 Å². The van der Waals surface area contributed by atoms with E-state index >= 15 is 0 Å². The Kier molecular flexibility index (Phi) is 6.05. The van der Waals surface area contributed by atoms with Crippen molar-refractivity contribution in [3.63, 3.8) is 0 Å². The van der Waals surface area contributed by atoms with E-state index in [1.54, 1.807) is 0 Å². The molecule has 22 heavy (non-hydrogen) atoms. The lowest BCUT2D eigenvalue weighted by Crippen LogP contribution is -2.40. The van der Waals surface area contributed by atoms with Crippen LogP contribution in [-0.2, 0) is 12.6 Å². The number of alkyl halides is 3. The van der Waals surface area contributed by atoms with Gasteiger partial charge < -0.3 is 11.1 Å². The summed E-state index contributed by atoms with van der Waals surface area (Å²) in [6.45, 7) is 0.344. The summed E-state index contributed by atoms with van der Waals surface area (Å²) in [4.78, 5) is 7.75. The zero-order chi connectivity index (χ0) is 16.0. The Labute approximate surface area is 132 Å². The van der Waals surface area contributed by atoms with E-state index < -0.39 is 11.9 Å². The van der Waals surface area contributed by atoms with Crippen LogP contribution in [0.5, 0.6) is 0 Å². The summed E-state index contributed by atoms with van der Waals surface area (Å²) in [5, 5.41) is 4.67. The summed E-state index contributed by atoms with van der Waals surface area (Å²) in [6.07, 6.45) is 3.11. The molecule has 1 fully saturated rings. The number of nitrogens with two attached hydrogens (primary N) is 1. The first-order valence-corrected chi connectivity index (χ1v) is 8.41. The predicted molar refractivity (Wildman–Crippen MR) is 81.9 cm³/mol. The Morgan fingerprint density at radius 2 is 2.00 bits per heavy atom. The van der Waals surface area contributed by atoms with E-state index in [9.17, 15) is 13.2 Å². The van der Waals surface area contributed by atoms with E-state index in [0.717, 1.165) is 29.6 Å². The fourth-order valence-corrected chi connectivity index (χ4v) is 3.30. The summed E-state index contributed by atoms with van der Waals surface area (Å²) in [7, 11) is 0. The lowest BCUT2D eigenvalue weighted by Gasteiger charge is -2.16. The maximum absolute atomic E-state index is 12.4. The Balaban J connectivity index is 1.77. The molecule has 124 valence electrons. The standard InChI is InChI=1S/C14H21F3N4S/c15-14(16,17)11-9-22-12(21-11)7-8-19-13(18)20-10-5-3-1-2-4-6-10/h9-10H,1-8H2,(H3,18,19,20). The molecular weight excluding hydrogens is 313 g/mol. The van der Waals surface area contributed by atoms with Crippen molar-refractivity contribution in [2.24, 2.45) is 10.7 Å². The molecule has 1 saturated carbocycles. The normalized spacial score (nSPS) is 18.2. The molecule has 2 rings (SSSR count). The minimum Gasteiger partial charge on any atom is -0.370 e. The minimum absolute atomic E-state index is 0.344. The van der Waals surface area contributed by atoms with Crippen LogP contribution >= 0.6 is 11.3 Å². The molecule has 0 atom stereocenters. The molecule has 1 aliphatic carbocycles. The fourth-order valence-electron chi connectivity index (χ4n) is 2.51. The lowest BCUT2D eigenvalue weighted by atomic mass is 10.1. The highest BCUT2D eigenvalue weighted by molar-refractivity contribution is 7.09. The van der Waals surface area contributed by atoms with E-state index in [-0.39, 0.29) is 0 Å². The van der Waals surface area contributed by atoms with Crippen molar-refractivity contribution >= 4 is 17.3 Å². The molecule has 1 heterocycles. The highest BCUT2D eigenvalue weighted by atomic mass is 32.1. The van der Waals surface area contributed by atoms with Crippen LogP contribution in [0.2, 0.25) is 0 Å². The highest BCUT2D eigenvalue weighted by Crippen LogP contribution is 2.30. The second-order valence-electron chi connectivity index (χ2n) is 5.47. The van der Waals surface area contributed by atoms with Gasteiger partial charge in [-0.05, 0) is 12.8 Å². The monoisotopic (exact) mass is 334 g/mol. The summed E-state index contributed by atoms with van der Waals surface area (Å²) < 4.78 is 37.3. The van der Waals surface area contributed by atoms with Gasteiger partial charge in [-0.1, -0.05) is 25.7 Å². The Morgan fingerprint density at radius 1 is 1.32 bits per heavy atom. The van der Waals surface area contributed by atoms with Crippen LogP contribution in [0.25, 0.3) is 0 Å². The molecule has 0 radical (unpaired) electrons. The number of thiazole rings is 1. The third kappa shape index (κ3) is 5.47. The number of hydrogen-bond acceptors (Lipinski definition) is 3. The molecule has 0 bridgehead atoms. The molecule has 0 saturated heterocycles. The van der Waals surface area contributed by atoms with Gasteiger partial charge in [0.05, 0.1) is 5.01 Å². The summed E-state index contributed by atoms with van der Waals surface area (Å²) in [6, 6.07) is 0.364. The molecule has 1 aliphatic rings. The number of nitrogens with zero attached hydrogens (tertiary/aromatic N) is 2. The molecule has 0 unspecified atom stereocenters. The van der Waals surface area contributed by atoms with Gasteiger partial charge in [0.15, 0.2) is 11.7 Å². The summed E-state index contributed by atoms with van der Waals surface area (Å²) >= 11 is 1.00. The topological polar surface area (TPSA) is 63.3 Å². The molecule has 0 aliphatic heterocycles. The first kappa shape index (κ1) is 17.1. The van der Waals surface area contributed by atoms with Gasteiger partial charge in [-0.3, -0.25) is 4.99 Å². The van der Waals surface area contributed by atoms with Crippen molar-refractivity contribution in [1.29, 1.82) is 0 Å². The van der Waals surface area contributed by atoms with Crippen LogP contribution in [0, 0.1) is 0 Å². The molecule has 0 amide bonds. The molecule has 1 aromatic heterocycles. The number of hydrogen-bond donors (Lipinski definition) is 2. The van der Waals surface area contributed by atoms with Gasteiger partial charge in [-0.15, -0.1) is 11.3 Å². The van der Waals surface area contributed by atoms with Crippen molar-refractivity contribution in [1.82, 2.24) is 10.3 Å². The van der Waals surface area contributed by atoms with Gasteiger partial charge in [0.2, 0.25) is 0 Å². The average Bonchev–Trinajstić information content (AvgIpc) is 2.77. The Bertz CT molecular complexity index is 491. The van der Waals surface area contributed by atoms with E-state index in [1.807, 2.05) is 0 Å². The van der Waals surface area contributed by atoms with E-state index in [0.29, 0.717) is 30.0 Å². The molecule has 3 N–H and O–H groups in total. The van der Waals surface area contributed by atoms with Crippen LogP contribution in [0.4, 0.5) is 13.2 Å². The Morgan fingerprint density at radius 3 is 2.59 bits per heavy atom. The molecule has 0 spiro atoms. The zero-order valence-corrected chi connectivity index (χ0v) is 13.1. The predicted octanol–water partition coefficient (Wildman–Crippen LogP) is 3.33. The van der Waals surface area contributed by atoms with Gasteiger partial charge in [0.25, 0.3) is 0 Å². The summed E-state index contributed by atoms with van der Waals surface area (Å²) in [5.41, 5.74) is 5.00. The number of nitrogens with one attached hydrogen (secondary N) is 1. The third-order valence-corrected chi connectivity index (χ3v) is 4.57. The smallest absolute Gasteiger partial charge is 0.370 e. The molecular formula is C14H21F3N4S. The van der Waals surface area contributed by atoms with Crippen LogP contribution in [0.1, 0.15) is 49.2 Å². The van der Waals surface area contributed by atoms with Crippen molar-refractivity contribution in [2.45, 2.75) is 57.2 Å². The van der Waals surface area contributed by atoms with E-state index in [2.05, 4.69) is 15.3 Å². The largest absolute Gasteiger partial charge is 0.434 e. The number of halogens is 3. The SMILES string of the molecule is NC(=NCCc1nc(C(F)(F)F)cs1)NC1CCCCCC1. The van der Waals surface area contributed by atoms with Gasteiger partial charge in [-0.25, -0.2) is 4.98 Å². The fraction of sp³-hybridized carbons (Fsp3) is 0.714. The molecule has 0 aromatic carbocycles. The second kappa shape index (κ2) is 7.80. The third-order valence-electron chi connectivity index (χ3n) is 3.66. The molecule has 4 nitrogen and oxygen atoms in total. The quantitative estimate of drug-likeness (QED) is 0.504. The van der Waals surface area contributed by atoms with Crippen molar-refractivity contribution in [2.75, 3.05) is 6.54 Å². The highest BCUT2D eigenvalue weighted by Gasteiger charge is 2.33. The van der Waals surface area contributed by atoms with Crippen molar-refractivity contribution < 1.29 is 13.2 Å². The van der Waals surface area contributed by atoms with Gasteiger partial charge >= 0.3 is 6.18 Å². The maximum atomic E-state index is 12.4. The maximum Gasteiger partial charge on any atom is 0.434 e. The van der Waals surface area contributed by atoms with Gasteiger partial charge in [0.1, 0.15) is 0 Å². The summed E-state index contributed by atoms with van der Waals surface area (Å²) in [5.74, 6) is 0.375. The molecule has 1 aromatic rings. The van der Waals surface area contributed by atoms with Crippen LogP contribution in [0.3, 0.4) is 0 Å². The first-order valence-electron chi connectivity index (χ1n) is 7.53. The molecule has 8 heteroatoms. The van der Waals surface area contributed by atoms with Crippen LogP contribution in [-0.4, -0.2) is 23.5 Å². The average molecular weight is 334 g/mol. The van der Waals surface area contributed by atoms with Crippen LogP contribution in [0.15, 0.2) is 10.4 Å². The number of aliphatic imine (C=N–C) groups is 1. The zero-order valence-electron chi connectivity index (χ0n) is 12.3.